The van der Waals surface area contributed by atoms with Crippen LogP contribution in [0.5, 0.6) is 5.75 Å². The van der Waals surface area contributed by atoms with Gasteiger partial charge in [0.15, 0.2) is 11.7 Å². The van der Waals surface area contributed by atoms with E-state index in [9.17, 15) is 4.79 Å². The molecule has 0 radical (unpaired) electrons. The van der Waals surface area contributed by atoms with Crippen molar-refractivity contribution in [1.82, 2.24) is 14.9 Å². The third-order valence-electron chi connectivity index (χ3n) is 5.36. The Morgan fingerprint density at radius 3 is 2.80 bits per heavy atom. The van der Waals surface area contributed by atoms with Gasteiger partial charge in [-0.25, -0.2) is 4.98 Å². The van der Waals surface area contributed by atoms with E-state index in [2.05, 4.69) is 16.4 Å². The number of hydrogen-bond donors (Lipinski definition) is 1. The molecule has 1 N–H and O–H groups in total. The second-order valence-electron chi connectivity index (χ2n) is 7.72. The van der Waals surface area contributed by atoms with E-state index in [1.807, 2.05) is 55.3 Å². The molecule has 1 amide bonds. The highest BCUT2D eigenvalue weighted by molar-refractivity contribution is 7.13. The Morgan fingerprint density at radius 2 is 2.07 bits per heavy atom. The zero-order valence-corrected chi connectivity index (χ0v) is 18.3. The molecule has 1 aliphatic heterocycles. The number of carbonyl (C=O) groups is 1. The first kappa shape index (κ1) is 20.3. The van der Waals surface area contributed by atoms with Gasteiger partial charge in [-0.1, -0.05) is 18.2 Å². The van der Waals surface area contributed by atoms with Gasteiger partial charge in [0, 0.05) is 47.7 Å². The minimum Gasteiger partial charge on any atom is -0.483 e. The third-order valence-corrected chi connectivity index (χ3v) is 6.05. The van der Waals surface area contributed by atoms with E-state index in [0.29, 0.717) is 6.54 Å². The number of likely N-dealkylation sites (tertiary alicyclic amines) is 1. The number of rotatable bonds is 6. The van der Waals surface area contributed by atoms with Gasteiger partial charge < -0.3 is 15.0 Å². The van der Waals surface area contributed by atoms with E-state index in [4.69, 9.17) is 9.72 Å². The van der Waals surface area contributed by atoms with Crippen LogP contribution in [0.1, 0.15) is 34.9 Å². The largest absolute Gasteiger partial charge is 0.483 e. The zero-order valence-electron chi connectivity index (χ0n) is 17.5. The molecule has 6 nitrogen and oxygen atoms in total. The third kappa shape index (κ3) is 4.62. The molecule has 1 fully saturated rings. The number of aromatic nitrogens is 2. The molecule has 2 aromatic heterocycles. The number of thiazole rings is 1. The van der Waals surface area contributed by atoms with Gasteiger partial charge in [0.2, 0.25) is 0 Å². The summed E-state index contributed by atoms with van der Waals surface area (Å²) in [4.78, 5) is 23.6. The SMILES string of the molecule is Cc1cc(Nc2nccs2)cc([C@@H]2CCN(C(=O)COc3c(C)cccc3C)C2)n1. The van der Waals surface area contributed by atoms with E-state index in [1.165, 1.54) is 0 Å². The average Bonchev–Trinajstić information content (AvgIpc) is 3.39. The van der Waals surface area contributed by atoms with Gasteiger partial charge in [0.05, 0.1) is 0 Å². The molecule has 1 aromatic carbocycles. The Hall–Kier alpha value is -2.93. The van der Waals surface area contributed by atoms with E-state index >= 15 is 0 Å². The minimum atomic E-state index is 0.0222. The fraction of sp³-hybridized carbons (Fsp3) is 0.348. The number of ether oxygens (including phenoxy) is 1. The lowest BCUT2D eigenvalue weighted by molar-refractivity contribution is -0.132. The molecular weight excluding hydrogens is 396 g/mol. The lowest BCUT2D eigenvalue weighted by Crippen LogP contribution is -2.33. The predicted molar refractivity (Wildman–Crippen MR) is 120 cm³/mol. The first-order chi connectivity index (χ1) is 14.5. The van der Waals surface area contributed by atoms with Crippen LogP contribution in [-0.4, -0.2) is 40.5 Å². The molecule has 3 heterocycles. The number of benzene rings is 1. The topological polar surface area (TPSA) is 67.4 Å². The van der Waals surface area contributed by atoms with Crippen LogP contribution in [0.25, 0.3) is 0 Å². The number of nitrogens with zero attached hydrogens (tertiary/aromatic N) is 3. The van der Waals surface area contributed by atoms with Crippen molar-refractivity contribution in [2.45, 2.75) is 33.1 Å². The summed E-state index contributed by atoms with van der Waals surface area (Å²) in [6, 6.07) is 10.1. The fourth-order valence-electron chi connectivity index (χ4n) is 3.86. The highest BCUT2D eigenvalue weighted by Crippen LogP contribution is 2.30. The molecule has 0 aliphatic carbocycles. The van der Waals surface area contributed by atoms with Gasteiger partial charge in [-0.05, 0) is 50.5 Å². The molecule has 7 heteroatoms. The summed E-state index contributed by atoms with van der Waals surface area (Å²) < 4.78 is 5.86. The molecule has 1 atom stereocenters. The van der Waals surface area contributed by atoms with Crippen LogP contribution in [0.2, 0.25) is 0 Å². The maximum atomic E-state index is 12.7. The molecule has 1 aliphatic rings. The van der Waals surface area contributed by atoms with Crippen LogP contribution in [0.15, 0.2) is 41.9 Å². The first-order valence-corrected chi connectivity index (χ1v) is 11.0. The van der Waals surface area contributed by atoms with E-state index in [-0.39, 0.29) is 18.4 Å². The molecule has 0 spiro atoms. The second-order valence-corrected chi connectivity index (χ2v) is 8.61. The number of pyridine rings is 1. The monoisotopic (exact) mass is 422 g/mol. The lowest BCUT2D eigenvalue weighted by atomic mass is 10.0. The summed E-state index contributed by atoms with van der Waals surface area (Å²) in [6.45, 7) is 7.45. The predicted octanol–water partition coefficient (Wildman–Crippen LogP) is 4.60. The van der Waals surface area contributed by atoms with Gasteiger partial charge in [-0.15, -0.1) is 11.3 Å². The summed E-state index contributed by atoms with van der Waals surface area (Å²) in [5.74, 6) is 1.06. The Kier molecular flexibility index (Phi) is 5.99. The minimum absolute atomic E-state index is 0.0222. The Bertz CT molecular complexity index is 1020. The van der Waals surface area contributed by atoms with Crippen molar-refractivity contribution in [2.24, 2.45) is 0 Å². The molecule has 4 rings (SSSR count). The van der Waals surface area contributed by atoms with E-state index in [1.54, 1.807) is 17.5 Å². The molecule has 0 bridgehead atoms. The summed E-state index contributed by atoms with van der Waals surface area (Å²) in [5, 5.41) is 6.14. The number of nitrogens with one attached hydrogen (secondary N) is 1. The lowest BCUT2D eigenvalue weighted by Gasteiger charge is -2.18. The van der Waals surface area contributed by atoms with Crippen molar-refractivity contribution in [3.63, 3.8) is 0 Å². The Balaban J connectivity index is 1.39. The number of hydrogen-bond acceptors (Lipinski definition) is 6. The number of amides is 1. The highest BCUT2D eigenvalue weighted by Gasteiger charge is 2.29. The molecule has 0 saturated carbocycles. The second kappa shape index (κ2) is 8.83. The molecule has 156 valence electrons. The quantitative estimate of drug-likeness (QED) is 0.629. The molecule has 3 aromatic rings. The first-order valence-electron chi connectivity index (χ1n) is 10.1. The average molecular weight is 423 g/mol. The maximum absolute atomic E-state index is 12.7. The van der Waals surface area contributed by atoms with Crippen molar-refractivity contribution in [3.05, 3.63) is 64.4 Å². The van der Waals surface area contributed by atoms with Crippen molar-refractivity contribution >= 4 is 28.1 Å². The van der Waals surface area contributed by atoms with Crippen LogP contribution in [0, 0.1) is 20.8 Å². The van der Waals surface area contributed by atoms with E-state index < -0.39 is 0 Å². The van der Waals surface area contributed by atoms with Crippen LogP contribution in [-0.2, 0) is 4.79 Å². The summed E-state index contributed by atoms with van der Waals surface area (Å²) in [7, 11) is 0. The molecule has 0 unspecified atom stereocenters. The summed E-state index contributed by atoms with van der Waals surface area (Å²) in [5.41, 5.74) is 5.04. The van der Waals surface area contributed by atoms with Crippen molar-refractivity contribution in [1.29, 1.82) is 0 Å². The van der Waals surface area contributed by atoms with Crippen molar-refractivity contribution in [2.75, 3.05) is 25.0 Å². The number of para-hydroxylation sites is 1. The number of carbonyl (C=O) groups excluding carboxylic acids is 1. The van der Waals surface area contributed by atoms with Gasteiger partial charge in [-0.3, -0.25) is 9.78 Å². The smallest absolute Gasteiger partial charge is 0.260 e. The summed E-state index contributed by atoms with van der Waals surface area (Å²) in [6.07, 6.45) is 2.69. The Labute approximate surface area is 180 Å². The normalized spacial score (nSPS) is 16.0. The van der Waals surface area contributed by atoms with Gasteiger partial charge >= 0.3 is 0 Å². The van der Waals surface area contributed by atoms with E-state index in [0.717, 1.165) is 52.0 Å². The fourth-order valence-corrected chi connectivity index (χ4v) is 4.41. The zero-order chi connectivity index (χ0) is 21.1. The van der Waals surface area contributed by atoms with Gasteiger partial charge in [0.25, 0.3) is 5.91 Å². The standard InChI is InChI=1S/C23H26N4O2S/c1-15-5-4-6-16(2)22(15)29-14-21(28)27-9-7-18(13-27)20-12-19(11-17(3)25-20)26-23-24-8-10-30-23/h4-6,8,10-12,18H,7,9,13-14H2,1-3H3,(H,24,25,26)/t18-/m1/s1. The number of aryl methyl sites for hydroxylation is 3. The Morgan fingerprint density at radius 1 is 1.27 bits per heavy atom. The molecule has 30 heavy (non-hydrogen) atoms. The molecular formula is C23H26N4O2S. The summed E-state index contributed by atoms with van der Waals surface area (Å²) >= 11 is 1.56. The van der Waals surface area contributed by atoms with Crippen LogP contribution in [0.4, 0.5) is 10.8 Å². The van der Waals surface area contributed by atoms with Gasteiger partial charge in [0.1, 0.15) is 5.75 Å². The molecule has 1 saturated heterocycles. The van der Waals surface area contributed by atoms with Crippen molar-refractivity contribution < 1.29 is 9.53 Å². The van der Waals surface area contributed by atoms with Crippen LogP contribution < -0.4 is 10.1 Å². The number of anilines is 2. The van der Waals surface area contributed by atoms with Crippen LogP contribution >= 0.6 is 11.3 Å². The highest BCUT2D eigenvalue weighted by atomic mass is 32.1. The van der Waals surface area contributed by atoms with Gasteiger partial charge in [-0.2, -0.15) is 0 Å². The maximum Gasteiger partial charge on any atom is 0.260 e. The van der Waals surface area contributed by atoms with Crippen molar-refractivity contribution in [3.8, 4) is 5.75 Å². The van der Waals surface area contributed by atoms with Crippen LogP contribution in [0.3, 0.4) is 0 Å².